The van der Waals surface area contributed by atoms with E-state index in [2.05, 4.69) is 165 Å². The molecule has 0 spiro atoms. The molecule has 43 heavy (non-hydrogen) atoms. The fourth-order valence-corrected chi connectivity index (χ4v) is 7.59. The van der Waals surface area contributed by atoms with E-state index in [0.29, 0.717) is 0 Å². The van der Waals surface area contributed by atoms with E-state index in [1.165, 1.54) is 77.2 Å². The second-order valence-electron chi connectivity index (χ2n) is 11.0. The molecule has 202 valence electrons. The molecule has 2 nitrogen and oxygen atoms in total. The topological polar surface area (TPSA) is 9.86 Å². The molecule has 0 amide bonds. The minimum atomic E-state index is 1.17. The zero-order valence-corrected chi connectivity index (χ0v) is 24.1. The van der Waals surface area contributed by atoms with E-state index in [9.17, 15) is 0 Å². The number of rotatable bonds is 4. The summed E-state index contributed by atoms with van der Waals surface area (Å²) in [5.41, 5.74) is 12.3. The lowest BCUT2D eigenvalue weighted by Gasteiger charge is -2.11. The van der Waals surface area contributed by atoms with Gasteiger partial charge in [-0.25, -0.2) is 0 Å². The third kappa shape index (κ3) is 3.72. The highest BCUT2D eigenvalue weighted by atomic mass is 32.1. The van der Waals surface area contributed by atoms with Gasteiger partial charge in [0.05, 0.1) is 22.1 Å². The van der Waals surface area contributed by atoms with Crippen molar-refractivity contribution >= 4 is 54.9 Å². The van der Waals surface area contributed by atoms with Crippen LogP contribution in [0, 0.1) is 0 Å². The largest absolute Gasteiger partial charge is 0.309 e. The Hall–Kier alpha value is -5.38. The molecule has 3 heteroatoms. The second-order valence-corrected chi connectivity index (χ2v) is 11.8. The van der Waals surface area contributed by atoms with Crippen LogP contribution in [-0.4, -0.2) is 9.13 Å². The van der Waals surface area contributed by atoms with Crippen LogP contribution < -0.4 is 0 Å². The van der Waals surface area contributed by atoms with Gasteiger partial charge in [-0.05, 0) is 70.4 Å². The van der Waals surface area contributed by atoms with E-state index >= 15 is 0 Å². The molecule has 0 saturated heterocycles. The first-order valence-electron chi connectivity index (χ1n) is 14.6. The Morgan fingerprint density at radius 1 is 0.326 bits per heavy atom. The summed E-state index contributed by atoms with van der Waals surface area (Å²) in [4.78, 5) is 0. The highest BCUT2D eigenvalue weighted by Crippen LogP contribution is 2.38. The Morgan fingerprint density at radius 3 is 0.953 bits per heavy atom. The summed E-state index contributed by atoms with van der Waals surface area (Å²) in [5, 5.41) is 9.67. The summed E-state index contributed by atoms with van der Waals surface area (Å²) in [6.45, 7) is 0. The third-order valence-electron chi connectivity index (χ3n) is 8.70. The molecular formula is C40H26N2S. The predicted molar refractivity (Wildman–Crippen MR) is 184 cm³/mol. The van der Waals surface area contributed by atoms with Crippen molar-refractivity contribution in [1.82, 2.24) is 9.13 Å². The Morgan fingerprint density at radius 2 is 0.628 bits per heavy atom. The average molecular weight is 567 g/mol. The zero-order valence-electron chi connectivity index (χ0n) is 23.3. The molecule has 0 bridgehead atoms. The Balaban J connectivity index is 1.09. The second kappa shape index (κ2) is 9.59. The number of aromatic nitrogens is 2. The van der Waals surface area contributed by atoms with Gasteiger partial charge in [0.25, 0.3) is 0 Å². The predicted octanol–water partition coefficient (Wildman–Crippen LogP) is 11.3. The maximum Gasteiger partial charge on any atom is 0.0541 e. The van der Waals surface area contributed by atoms with Gasteiger partial charge in [-0.15, -0.1) is 0 Å². The normalized spacial score (nSPS) is 11.7. The number of hydrogen-bond acceptors (Lipinski definition) is 1. The van der Waals surface area contributed by atoms with Crippen LogP contribution in [0.15, 0.2) is 156 Å². The highest BCUT2D eigenvalue weighted by Gasteiger charge is 2.15. The van der Waals surface area contributed by atoms with Gasteiger partial charge < -0.3 is 9.13 Å². The molecule has 0 radical (unpaired) electrons. The molecule has 0 aliphatic rings. The van der Waals surface area contributed by atoms with Crippen molar-refractivity contribution in [2.75, 3.05) is 0 Å². The van der Waals surface area contributed by atoms with Gasteiger partial charge in [-0.1, -0.05) is 97.1 Å². The van der Waals surface area contributed by atoms with Crippen LogP contribution in [0.1, 0.15) is 0 Å². The Kier molecular flexibility index (Phi) is 5.40. The summed E-state index contributed by atoms with van der Waals surface area (Å²) >= 11 is 1.76. The van der Waals surface area contributed by atoms with Crippen molar-refractivity contribution in [2.24, 2.45) is 0 Å². The number of para-hydroxylation sites is 4. The number of benzene rings is 6. The van der Waals surface area contributed by atoms with Crippen molar-refractivity contribution in [3.63, 3.8) is 0 Å². The third-order valence-corrected chi connectivity index (χ3v) is 9.44. The number of nitrogens with zero attached hydrogens (tertiary/aromatic N) is 2. The van der Waals surface area contributed by atoms with Crippen LogP contribution in [0.25, 0.3) is 77.2 Å². The van der Waals surface area contributed by atoms with Crippen LogP contribution in [0.4, 0.5) is 0 Å². The van der Waals surface area contributed by atoms with E-state index in [-0.39, 0.29) is 0 Å². The summed E-state index contributed by atoms with van der Waals surface area (Å²) < 4.78 is 4.74. The summed E-state index contributed by atoms with van der Waals surface area (Å²) in [6.07, 6.45) is 0. The van der Waals surface area contributed by atoms with Crippen LogP contribution in [0.2, 0.25) is 0 Å². The molecule has 0 fully saturated rings. The molecule has 9 aromatic rings. The molecule has 0 unspecified atom stereocenters. The molecule has 3 heterocycles. The van der Waals surface area contributed by atoms with Crippen molar-refractivity contribution in [1.29, 1.82) is 0 Å². The Bertz CT molecular complexity index is 2160. The molecule has 6 aromatic carbocycles. The smallest absolute Gasteiger partial charge is 0.0541 e. The fourth-order valence-electron chi connectivity index (χ4n) is 6.73. The molecule has 0 aliphatic carbocycles. The van der Waals surface area contributed by atoms with E-state index in [0.717, 1.165) is 0 Å². The minimum absolute atomic E-state index is 1.17. The number of hydrogen-bond donors (Lipinski definition) is 0. The van der Waals surface area contributed by atoms with Crippen LogP contribution in [0.5, 0.6) is 0 Å². The van der Waals surface area contributed by atoms with E-state index in [1.807, 2.05) is 0 Å². The quantitative estimate of drug-likeness (QED) is 0.200. The average Bonchev–Trinajstić information content (AvgIpc) is 3.78. The SMILES string of the molecule is c1ccc2c(c1)c1ccccc1n2-c1ccc(-c2cscc2-c2ccc(-n3c4ccccc4c4ccccc43)cc2)cc1. The first kappa shape index (κ1) is 24.2. The standard InChI is InChI=1S/C40H26N2S/c1-5-13-37-31(9-1)32-10-2-6-14-38(32)41(37)29-21-17-27(18-22-29)35-25-43-26-36(35)28-19-23-30(24-20-28)42-39-15-7-3-11-33(39)34-12-4-8-16-40(34)42/h1-26H. The first-order chi connectivity index (χ1) is 21.3. The maximum atomic E-state index is 2.37. The lowest BCUT2D eigenvalue weighted by molar-refractivity contribution is 1.18. The summed E-state index contributed by atoms with van der Waals surface area (Å²) in [7, 11) is 0. The van der Waals surface area contributed by atoms with E-state index in [4.69, 9.17) is 0 Å². The van der Waals surface area contributed by atoms with E-state index in [1.54, 1.807) is 11.3 Å². The van der Waals surface area contributed by atoms with Gasteiger partial charge in [-0.3, -0.25) is 0 Å². The molecule has 3 aromatic heterocycles. The zero-order chi connectivity index (χ0) is 28.3. The number of thiophene rings is 1. The van der Waals surface area contributed by atoms with Crippen molar-refractivity contribution in [2.45, 2.75) is 0 Å². The molecule has 9 rings (SSSR count). The highest BCUT2D eigenvalue weighted by molar-refractivity contribution is 7.08. The van der Waals surface area contributed by atoms with Crippen molar-refractivity contribution < 1.29 is 0 Å². The lowest BCUT2D eigenvalue weighted by Crippen LogP contribution is -1.94. The van der Waals surface area contributed by atoms with Gasteiger partial charge in [0, 0.05) is 44.0 Å². The van der Waals surface area contributed by atoms with Crippen molar-refractivity contribution in [3.8, 4) is 33.6 Å². The van der Waals surface area contributed by atoms with Gasteiger partial charge in [0.15, 0.2) is 0 Å². The first-order valence-corrected chi connectivity index (χ1v) is 15.5. The molecule has 0 atom stereocenters. The molecule has 0 aliphatic heterocycles. The fraction of sp³-hybridized carbons (Fsp3) is 0. The van der Waals surface area contributed by atoms with Gasteiger partial charge in [-0.2, -0.15) is 11.3 Å². The maximum absolute atomic E-state index is 2.37. The minimum Gasteiger partial charge on any atom is -0.309 e. The molecule has 0 N–H and O–H groups in total. The Labute approximate surface area is 253 Å². The van der Waals surface area contributed by atoms with E-state index < -0.39 is 0 Å². The lowest BCUT2D eigenvalue weighted by atomic mass is 9.98. The van der Waals surface area contributed by atoms with Crippen LogP contribution >= 0.6 is 11.3 Å². The summed E-state index contributed by atoms with van der Waals surface area (Å²) in [6, 6.07) is 52.7. The monoisotopic (exact) mass is 566 g/mol. The van der Waals surface area contributed by atoms with Gasteiger partial charge >= 0.3 is 0 Å². The molecular weight excluding hydrogens is 541 g/mol. The van der Waals surface area contributed by atoms with Crippen molar-refractivity contribution in [3.05, 3.63) is 156 Å². The molecule has 0 saturated carbocycles. The number of fused-ring (bicyclic) bond motifs is 6. The summed E-state index contributed by atoms with van der Waals surface area (Å²) in [5.74, 6) is 0. The van der Waals surface area contributed by atoms with Crippen LogP contribution in [0.3, 0.4) is 0 Å². The van der Waals surface area contributed by atoms with Crippen LogP contribution in [-0.2, 0) is 0 Å². The van der Waals surface area contributed by atoms with Gasteiger partial charge in [0.1, 0.15) is 0 Å². The van der Waals surface area contributed by atoms with Gasteiger partial charge in [0.2, 0.25) is 0 Å².